The molecule has 6 heteroatoms. The largest absolute Gasteiger partial charge is 0.389 e. The summed E-state index contributed by atoms with van der Waals surface area (Å²) < 4.78 is 5.62. The third-order valence-electron chi connectivity index (χ3n) is 3.38. The van der Waals surface area contributed by atoms with E-state index in [1.54, 1.807) is 12.4 Å². The highest BCUT2D eigenvalue weighted by Gasteiger charge is 2.21. The Labute approximate surface area is 126 Å². The topological polar surface area (TPSA) is 61.7 Å². The second-order valence-electron chi connectivity index (χ2n) is 6.41. The highest BCUT2D eigenvalue weighted by atomic mass is 16.5. The van der Waals surface area contributed by atoms with Crippen LogP contribution < -0.4 is 4.90 Å². The summed E-state index contributed by atoms with van der Waals surface area (Å²) in [4.78, 5) is 13.0. The number of piperazine rings is 1. The van der Waals surface area contributed by atoms with E-state index in [1.807, 2.05) is 26.8 Å². The summed E-state index contributed by atoms with van der Waals surface area (Å²) >= 11 is 0. The van der Waals surface area contributed by atoms with Gasteiger partial charge in [0.1, 0.15) is 0 Å². The maximum absolute atomic E-state index is 10.0. The lowest BCUT2D eigenvalue weighted by Crippen LogP contribution is -2.49. The molecule has 1 saturated heterocycles. The predicted molar refractivity (Wildman–Crippen MR) is 82.4 cm³/mol. The Morgan fingerprint density at radius 2 is 1.81 bits per heavy atom. The third-order valence-corrected chi connectivity index (χ3v) is 3.38. The molecule has 1 aromatic rings. The molecule has 0 spiro atoms. The molecule has 0 radical (unpaired) electrons. The fourth-order valence-electron chi connectivity index (χ4n) is 2.28. The van der Waals surface area contributed by atoms with Gasteiger partial charge in [0.25, 0.3) is 0 Å². The standard InChI is InChI=1S/C15H26N4O2/c1-15(2,3)21-12-13(20)11-18-7-9-19(10-8-18)14-16-5-4-6-17-14/h4-6,13,20H,7-12H2,1-3H3. The minimum atomic E-state index is -0.441. The van der Waals surface area contributed by atoms with Crippen molar-refractivity contribution in [3.63, 3.8) is 0 Å². The van der Waals surface area contributed by atoms with Crippen LogP contribution in [0.1, 0.15) is 20.8 Å². The Morgan fingerprint density at radius 1 is 1.19 bits per heavy atom. The molecule has 1 N–H and O–H groups in total. The van der Waals surface area contributed by atoms with Gasteiger partial charge in [-0.3, -0.25) is 4.90 Å². The number of hydrogen-bond acceptors (Lipinski definition) is 6. The zero-order valence-electron chi connectivity index (χ0n) is 13.2. The fraction of sp³-hybridized carbons (Fsp3) is 0.733. The smallest absolute Gasteiger partial charge is 0.225 e. The molecule has 1 unspecified atom stereocenters. The van der Waals surface area contributed by atoms with Crippen molar-refractivity contribution >= 4 is 5.95 Å². The van der Waals surface area contributed by atoms with Gasteiger partial charge in [0.15, 0.2) is 0 Å². The first-order valence-corrected chi connectivity index (χ1v) is 7.50. The summed E-state index contributed by atoms with van der Waals surface area (Å²) in [6, 6.07) is 1.82. The molecule has 6 nitrogen and oxygen atoms in total. The van der Waals surface area contributed by atoms with Crippen molar-refractivity contribution in [2.45, 2.75) is 32.5 Å². The van der Waals surface area contributed by atoms with Crippen LogP contribution >= 0.6 is 0 Å². The average molecular weight is 294 g/mol. The first kappa shape index (κ1) is 16.1. The van der Waals surface area contributed by atoms with Crippen LogP contribution in [0.15, 0.2) is 18.5 Å². The van der Waals surface area contributed by atoms with Gasteiger partial charge in [0.2, 0.25) is 5.95 Å². The van der Waals surface area contributed by atoms with E-state index < -0.39 is 6.10 Å². The zero-order chi connectivity index (χ0) is 15.3. The number of anilines is 1. The minimum Gasteiger partial charge on any atom is -0.389 e. The monoisotopic (exact) mass is 294 g/mol. The Balaban J connectivity index is 1.72. The molecule has 0 bridgehead atoms. The molecular formula is C15H26N4O2. The van der Waals surface area contributed by atoms with Crippen molar-refractivity contribution in [1.29, 1.82) is 0 Å². The normalized spacial score (nSPS) is 18.8. The lowest BCUT2D eigenvalue weighted by molar-refractivity contribution is -0.0563. The number of ether oxygens (including phenoxy) is 1. The summed E-state index contributed by atoms with van der Waals surface area (Å²) in [6.07, 6.45) is 3.09. The molecule has 0 aliphatic carbocycles. The number of nitrogens with zero attached hydrogens (tertiary/aromatic N) is 4. The van der Waals surface area contributed by atoms with E-state index in [9.17, 15) is 5.11 Å². The van der Waals surface area contributed by atoms with Crippen molar-refractivity contribution in [2.75, 3.05) is 44.2 Å². The van der Waals surface area contributed by atoms with Crippen LogP contribution in [0.5, 0.6) is 0 Å². The molecule has 0 saturated carbocycles. The van der Waals surface area contributed by atoms with Crippen molar-refractivity contribution in [2.24, 2.45) is 0 Å². The van der Waals surface area contributed by atoms with Gasteiger partial charge in [-0.1, -0.05) is 0 Å². The molecule has 1 atom stereocenters. The Kier molecular flexibility index (Phi) is 5.50. The SMILES string of the molecule is CC(C)(C)OCC(O)CN1CCN(c2ncccn2)CC1. The Morgan fingerprint density at radius 3 is 2.38 bits per heavy atom. The Bertz CT molecular complexity index is 413. The summed E-state index contributed by atoms with van der Waals surface area (Å²) in [5, 5.41) is 10.0. The molecule has 0 aromatic carbocycles. The van der Waals surface area contributed by atoms with Crippen molar-refractivity contribution in [1.82, 2.24) is 14.9 Å². The van der Waals surface area contributed by atoms with E-state index in [0.29, 0.717) is 13.2 Å². The van der Waals surface area contributed by atoms with Gasteiger partial charge in [-0.25, -0.2) is 9.97 Å². The van der Waals surface area contributed by atoms with Gasteiger partial charge in [0.05, 0.1) is 18.3 Å². The quantitative estimate of drug-likeness (QED) is 0.866. The van der Waals surface area contributed by atoms with Crippen LogP contribution in [0.2, 0.25) is 0 Å². The second-order valence-corrected chi connectivity index (χ2v) is 6.41. The molecule has 1 aromatic heterocycles. The number of β-amino-alcohol motifs (C(OH)–C–C–N with tert-alkyl or cyclic N) is 1. The van der Waals surface area contributed by atoms with Gasteiger partial charge in [0, 0.05) is 45.1 Å². The molecule has 2 rings (SSSR count). The highest BCUT2D eigenvalue weighted by Crippen LogP contribution is 2.11. The van der Waals surface area contributed by atoms with Crippen LogP contribution in [0.25, 0.3) is 0 Å². The third kappa shape index (κ3) is 5.57. The highest BCUT2D eigenvalue weighted by molar-refractivity contribution is 5.29. The first-order chi connectivity index (χ1) is 9.94. The van der Waals surface area contributed by atoms with Crippen molar-refractivity contribution in [3.8, 4) is 0 Å². The minimum absolute atomic E-state index is 0.204. The van der Waals surface area contributed by atoms with Crippen LogP contribution in [0.3, 0.4) is 0 Å². The van der Waals surface area contributed by atoms with E-state index in [4.69, 9.17) is 4.74 Å². The van der Waals surface area contributed by atoms with Gasteiger partial charge in [-0.15, -0.1) is 0 Å². The molecule has 1 aliphatic heterocycles. The summed E-state index contributed by atoms with van der Waals surface area (Å²) in [7, 11) is 0. The first-order valence-electron chi connectivity index (χ1n) is 7.50. The van der Waals surface area contributed by atoms with Crippen molar-refractivity contribution < 1.29 is 9.84 Å². The number of hydrogen-bond donors (Lipinski definition) is 1. The predicted octanol–water partition coefficient (Wildman–Crippen LogP) is 0.775. The number of rotatable bonds is 5. The average Bonchev–Trinajstić information content (AvgIpc) is 2.46. The molecule has 0 amide bonds. The van der Waals surface area contributed by atoms with Gasteiger partial charge >= 0.3 is 0 Å². The van der Waals surface area contributed by atoms with E-state index in [0.717, 1.165) is 32.1 Å². The zero-order valence-corrected chi connectivity index (χ0v) is 13.2. The second kappa shape index (κ2) is 7.15. The van der Waals surface area contributed by atoms with Crippen LogP contribution in [-0.4, -0.2) is 71.0 Å². The molecule has 118 valence electrons. The van der Waals surface area contributed by atoms with E-state index in [1.165, 1.54) is 0 Å². The van der Waals surface area contributed by atoms with Crippen LogP contribution in [0.4, 0.5) is 5.95 Å². The van der Waals surface area contributed by atoms with E-state index in [2.05, 4.69) is 19.8 Å². The molecule has 1 aliphatic rings. The maximum atomic E-state index is 10.0. The fourth-order valence-corrected chi connectivity index (χ4v) is 2.28. The molecular weight excluding hydrogens is 268 g/mol. The van der Waals surface area contributed by atoms with Gasteiger partial charge in [-0.05, 0) is 26.8 Å². The number of aromatic nitrogens is 2. The van der Waals surface area contributed by atoms with E-state index >= 15 is 0 Å². The number of aliphatic hydroxyl groups excluding tert-OH is 1. The lowest BCUT2D eigenvalue weighted by Gasteiger charge is -2.35. The maximum Gasteiger partial charge on any atom is 0.225 e. The van der Waals surface area contributed by atoms with Gasteiger partial charge in [-0.2, -0.15) is 0 Å². The lowest BCUT2D eigenvalue weighted by atomic mass is 10.2. The molecule has 1 fully saturated rings. The van der Waals surface area contributed by atoms with Crippen LogP contribution in [-0.2, 0) is 4.74 Å². The van der Waals surface area contributed by atoms with Crippen molar-refractivity contribution in [3.05, 3.63) is 18.5 Å². The Hall–Kier alpha value is -1.24. The summed E-state index contributed by atoms with van der Waals surface area (Å²) in [5.74, 6) is 0.786. The van der Waals surface area contributed by atoms with E-state index in [-0.39, 0.29) is 5.60 Å². The molecule has 21 heavy (non-hydrogen) atoms. The summed E-state index contributed by atoms with van der Waals surface area (Å²) in [6.45, 7) is 10.6. The summed E-state index contributed by atoms with van der Waals surface area (Å²) in [5.41, 5.74) is -0.204. The molecule has 2 heterocycles. The van der Waals surface area contributed by atoms with Crippen LogP contribution in [0, 0.1) is 0 Å². The number of aliphatic hydroxyl groups is 1. The van der Waals surface area contributed by atoms with Gasteiger partial charge < -0.3 is 14.7 Å².